The maximum Gasteiger partial charge on any atom is 0.247 e. The van der Waals surface area contributed by atoms with Crippen LogP contribution in [0.3, 0.4) is 0 Å². The second kappa shape index (κ2) is 4.45. The molecule has 2 heterocycles. The molecular formula is C12H16N4O. The molecule has 90 valence electrons. The van der Waals surface area contributed by atoms with Gasteiger partial charge >= 0.3 is 0 Å². The summed E-state index contributed by atoms with van der Waals surface area (Å²) in [5.74, 6) is 1.02. The SMILES string of the molecule is CC(C)Cc1c(N)n[nH]c1-c1ccc(=O)[nH]c1. The van der Waals surface area contributed by atoms with Crippen molar-refractivity contribution in [3.05, 3.63) is 34.2 Å². The fourth-order valence-corrected chi connectivity index (χ4v) is 1.80. The van der Waals surface area contributed by atoms with Crippen molar-refractivity contribution < 1.29 is 0 Å². The Labute approximate surface area is 99.1 Å². The lowest BCUT2D eigenvalue weighted by Gasteiger charge is -2.06. The van der Waals surface area contributed by atoms with Crippen LogP contribution in [0.5, 0.6) is 0 Å². The molecule has 2 aromatic rings. The number of rotatable bonds is 3. The van der Waals surface area contributed by atoms with Crippen LogP contribution in [0.15, 0.2) is 23.1 Å². The van der Waals surface area contributed by atoms with E-state index in [2.05, 4.69) is 29.0 Å². The molecule has 0 aliphatic carbocycles. The highest BCUT2D eigenvalue weighted by atomic mass is 16.1. The van der Waals surface area contributed by atoms with Crippen molar-refractivity contribution in [3.8, 4) is 11.3 Å². The lowest BCUT2D eigenvalue weighted by Crippen LogP contribution is -2.03. The first kappa shape index (κ1) is 11.4. The smallest absolute Gasteiger partial charge is 0.247 e. The Morgan fingerprint density at radius 2 is 2.18 bits per heavy atom. The van der Waals surface area contributed by atoms with Crippen molar-refractivity contribution in [1.82, 2.24) is 15.2 Å². The number of nitrogens with zero attached hydrogens (tertiary/aromatic N) is 1. The molecule has 2 aromatic heterocycles. The van der Waals surface area contributed by atoms with Crippen LogP contribution in [-0.2, 0) is 6.42 Å². The van der Waals surface area contributed by atoms with Crippen molar-refractivity contribution in [2.75, 3.05) is 5.73 Å². The number of anilines is 1. The highest BCUT2D eigenvalue weighted by molar-refractivity contribution is 5.67. The number of hydrogen-bond donors (Lipinski definition) is 3. The maximum atomic E-state index is 11.0. The van der Waals surface area contributed by atoms with Crippen molar-refractivity contribution in [1.29, 1.82) is 0 Å². The maximum absolute atomic E-state index is 11.0. The molecule has 0 atom stereocenters. The number of nitrogen functional groups attached to an aromatic ring is 1. The summed E-state index contributed by atoms with van der Waals surface area (Å²) in [7, 11) is 0. The van der Waals surface area contributed by atoms with E-state index in [1.807, 2.05) is 0 Å². The molecule has 0 aromatic carbocycles. The summed E-state index contributed by atoms with van der Waals surface area (Å²) < 4.78 is 0. The molecule has 0 aliphatic heterocycles. The molecule has 0 bridgehead atoms. The summed E-state index contributed by atoms with van der Waals surface area (Å²) >= 11 is 0. The van der Waals surface area contributed by atoms with Crippen molar-refractivity contribution in [3.63, 3.8) is 0 Å². The summed E-state index contributed by atoms with van der Waals surface area (Å²) in [4.78, 5) is 13.7. The number of pyridine rings is 1. The van der Waals surface area contributed by atoms with E-state index in [4.69, 9.17) is 5.73 Å². The molecule has 0 saturated carbocycles. The first-order valence-corrected chi connectivity index (χ1v) is 5.59. The first-order chi connectivity index (χ1) is 8.08. The van der Waals surface area contributed by atoms with Crippen molar-refractivity contribution >= 4 is 5.82 Å². The quantitative estimate of drug-likeness (QED) is 0.750. The van der Waals surface area contributed by atoms with E-state index in [9.17, 15) is 4.79 Å². The molecular weight excluding hydrogens is 216 g/mol. The molecule has 0 radical (unpaired) electrons. The van der Waals surface area contributed by atoms with Gasteiger partial charge in [-0.2, -0.15) is 5.10 Å². The molecule has 17 heavy (non-hydrogen) atoms. The van der Waals surface area contributed by atoms with Crippen LogP contribution in [-0.4, -0.2) is 15.2 Å². The molecule has 2 rings (SSSR count). The highest BCUT2D eigenvalue weighted by Crippen LogP contribution is 2.26. The van der Waals surface area contributed by atoms with E-state index in [0.29, 0.717) is 11.7 Å². The minimum absolute atomic E-state index is 0.119. The predicted molar refractivity (Wildman–Crippen MR) is 67.6 cm³/mol. The molecule has 5 heteroatoms. The molecule has 0 amide bonds. The van der Waals surface area contributed by atoms with Gasteiger partial charge in [-0.15, -0.1) is 0 Å². The van der Waals surface area contributed by atoms with Crippen molar-refractivity contribution in [2.24, 2.45) is 5.92 Å². The number of hydrogen-bond acceptors (Lipinski definition) is 3. The van der Waals surface area contributed by atoms with Crippen molar-refractivity contribution in [2.45, 2.75) is 20.3 Å². The first-order valence-electron chi connectivity index (χ1n) is 5.59. The van der Waals surface area contributed by atoms with E-state index < -0.39 is 0 Å². The largest absolute Gasteiger partial charge is 0.382 e. The van der Waals surface area contributed by atoms with Crippen LogP contribution < -0.4 is 11.3 Å². The van der Waals surface area contributed by atoms with Crippen LogP contribution in [0.1, 0.15) is 19.4 Å². The van der Waals surface area contributed by atoms with Crippen LogP contribution in [0.25, 0.3) is 11.3 Å². The Morgan fingerprint density at radius 3 is 2.76 bits per heavy atom. The normalized spacial score (nSPS) is 11.0. The molecule has 0 aliphatic rings. The van der Waals surface area contributed by atoms with Gasteiger partial charge in [0, 0.05) is 23.4 Å². The third-order valence-electron chi connectivity index (χ3n) is 2.58. The van der Waals surface area contributed by atoms with Gasteiger partial charge in [-0.1, -0.05) is 13.8 Å². The summed E-state index contributed by atoms with van der Waals surface area (Å²) in [6.07, 6.45) is 2.52. The zero-order valence-corrected chi connectivity index (χ0v) is 9.95. The third-order valence-corrected chi connectivity index (χ3v) is 2.58. The minimum Gasteiger partial charge on any atom is -0.382 e. The van der Waals surface area contributed by atoms with E-state index >= 15 is 0 Å². The summed E-state index contributed by atoms with van der Waals surface area (Å²) in [5, 5.41) is 6.95. The van der Waals surface area contributed by atoms with Gasteiger partial charge in [-0.05, 0) is 18.4 Å². The van der Waals surface area contributed by atoms with Crippen LogP contribution in [0, 0.1) is 5.92 Å². The lowest BCUT2D eigenvalue weighted by molar-refractivity contribution is 0.649. The Morgan fingerprint density at radius 1 is 1.41 bits per heavy atom. The lowest BCUT2D eigenvalue weighted by atomic mass is 10.00. The number of aromatic amines is 2. The molecule has 0 saturated heterocycles. The fraction of sp³-hybridized carbons (Fsp3) is 0.333. The van der Waals surface area contributed by atoms with E-state index in [1.54, 1.807) is 12.3 Å². The average molecular weight is 232 g/mol. The second-order valence-corrected chi connectivity index (χ2v) is 4.50. The minimum atomic E-state index is -0.119. The monoisotopic (exact) mass is 232 g/mol. The van der Waals surface area contributed by atoms with Gasteiger partial charge in [0.1, 0.15) is 5.82 Å². The zero-order chi connectivity index (χ0) is 12.4. The second-order valence-electron chi connectivity index (χ2n) is 4.50. The van der Waals surface area contributed by atoms with Gasteiger partial charge in [0.05, 0.1) is 5.69 Å². The number of nitrogens with two attached hydrogens (primary N) is 1. The average Bonchev–Trinajstić information content (AvgIpc) is 2.61. The van der Waals surface area contributed by atoms with Crippen LogP contribution >= 0.6 is 0 Å². The van der Waals surface area contributed by atoms with E-state index in [0.717, 1.165) is 23.2 Å². The fourth-order valence-electron chi connectivity index (χ4n) is 1.80. The Kier molecular flexibility index (Phi) is 2.99. The number of nitrogens with one attached hydrogen (secondary N) is 2. The predicted octanol–water partition coefficient (Wildman–Crippen LogP) is 1.55. The molecule has 0 spiro atoms. The van der Waals surface area contributed by atoms with Crippen LogP contribution in [0.4, 0.5) is 5.82 Å². The summed E-state index contributed by atoms with van der Waals surface area (Å²) in [6, 6.07) is 3.25. The van der Waals surface area contributed by atoms with E-state index in [1.165, 1.54) is 6.07 Å². The van der Waals surface area contributed by atoms with E-state index in [-0.39, 0.29) is 5.56 Å². The Balaban J connectivity index is 2.45. The molecule has 0 fully saturated rings. The van der Waals surface area contributed by atoms with Gasteiger partial charge in [0.25, 0.3) is 0 Å². The molecule has 5 nitrogen and oxygen atoms in total. The van der Waals surface area contributed by atoms with Gasteiger partial charge in [-0.25, -0.2) is 0 Å². The topological polar surface area (TPSA) is 87.6 Å². The molecule has 4 N–H and O–H groups in total. The number of H-pyrrole nitrogens is 2. The van der Waals surface area contributed by atoms with Crippen LogP contribution in [0.2, 0.25) is 0 Å². The Hall–Kier alpha value is -2.04. The Bertz CT molecular complexity index is 548. The number of aromatic nitrogens is 3. The highest BCUT2D eigenvalue weighted by Gasteiger charge is 2.13. The van der Waals surface area contributed by atoms with Gasteiger partial charge in [-0.3, -0.25) is 9.89 Å². The van der Waals surface area contributed by atoms with Gasteiger partial charge in [0.2, 0.25) is 5.56 Å². The summed E-state index contributed by atoms with van der Waals surface area (Å²) in [5.41, 5.74) is 8.51. The summed E-state index contributed by atoms with van der Waals surface area (Å²) in [6.45, 7) is 4.26. The van der Waals surface area contributed by atoms with Gasteiger partial charge < -0.3 is 10.7 Å². The zero-order valence-electron chi connectivity index (χ0n) is 9.95. The molecule has 0 unspecified atom stereocenters. The third kappa shape index (κ3) is 2.38. The van der Waals surface area contributed by atoms with Gasteiger partial charge in [0.15, 0.2) is 0 Å². The standard InChI is InChI=1S/C12H16N4O/c1-7(2)5-9-11(15-16-12(9)13)8-3-4-10(17)14-6-8/h3-4,6-7H,5H2,1-2H3,(H,14,17)(H3,13,15,16).